The number of aryl methyl sites for hydroxylation is 2. The second kappa shape index (κ2) is 6.03. The molecule has 2 atom stereocenters. The van der Waals surface area contributed by atoms with Gasteiger partial charge in [0.2, 0.25) is 0 Å². The number of thiocarbonyl (C=S) groups is 1. The summed E-state index contributed by atoms with van der Waals surface area (Å²) in [6.45, 7) is 6.50. The number of para-hydroxylation sites is 1. The zero-order chi connectivity index (χ0) is 17.6. The standard InChI is InChI=1S/C21H24N2OS/c1-4-14-10-11-19-16(12-14)17-13-21(3,24-19)23(20(25)22-17)18-9-7-6-8-15(18)5-2/h6-12,17H,4-5,13H2,1-3H3,(H,22,25)/t17-,21-/m1/s1. The Bertz CT molecular complexity index is 834. The van der Waals surface area contributed by atoms with Crippen LogP contribution in [0.5, 0.6) is 5.75 Å². The first-order valence-electron chi connectivity index (χ1n) is 9.06. The van der Waals surface area contributed by atoms with Crippen LogP contribution in [0, 0.1) is 0 Å². The Kier molecular flexibility index (Phi) is 3.95. The average Bonchev–Trinajstić information content (AvgIpc) is 2.61. The van der Waals surface area contributed by atoms with Gasteiger partial charge in [-0.3, -0.25) is 4.90 Å². The van der Waals surface area contributed by atoms with Crippen molar-refractivity contribution in [3.63, 3.8) is 0 Å². The van der Waals surface area contributed by atoms with Crippen LogP contribution in [-0.4, -0.2) is 10.8 Å². The SMILES string of the molecule is CCc1ccc2c(c1)[C@H]1C[C@@](C)(O2)N(c2ccccc2CC)C(=S)N1. The van der Waals surface area contributed by atoms with Gasteiger partial charge in [-0.2, -0.15) is 0 Å². The minimum Gasteiger partial charge on any atom is -0.467 e. The third-order valence-electron chi connectivity index (χ3n) is 5.36. The highest BCUT2D eigenvalue weighted by atomic mass is 32.1. The van der Waals surface area contributed by atoms with Crippen molar-refractivity contribution in [3.8, 4) is 5.75 Å². The molecule has 0 amide bonds. The van der Waals surface area contributed by atoms with Crippen LogP contribution in [0.4, 0.5) is 5.69 Å². The van der Waals surface area contributed by atoms with E-state index in [1.54, 1.807) is 0 Å². The summed E-state index contributed by atoms with van der Waals surface area (Å²) in [5, 5.41) is 4.30. The number of hydrogen-bond acceptors (Lipinski definition) is 2. The molecule has 2 heterocycles. The second-order valence-corrected chi connectivity index (χ2v) is 7.41. The largest absolute Gasteiger partial charge is 0.467 e. The predicted molar refractivity (Wildman–Crippen MR) is 106 cm³/mol. The average molecular weight is 353 g/mol. The lowest BCUT2D eigenvalue weighted by Gasteiger charge is -2.52. The summed E-state index contributed by atoms with van der Waals surface area (Å²) in [6.07, 6.45) is 2.86. The zero-order valence-electron chi connectivity index (χ0n) is 15.0. The Balaban J connectivity index is 1.80. The molecule has 130 valence electrons. The van der Waals surface area contributed by atoms with Crippen LogP contribution in [0.2, 0.25) is 0 Å². The minimum atomic E-state index is -0.473. The highest BCUT2D eigenvalue weighted by molar-refractivity contribution is 7.80. The number of benzene rings is 2. The van der Waals surface area contributed by atoms with Gasteiger partial charge in [0.25, 0.3) is 0 Å². The maximum Gasteiger partial charge on any atom is 0.188 e. The normalized spacial score (nSPS) is 24.4. The third-order valence-corrected chi connectivity index (χ3v) is 5.66. The molecule has 0 unspecified atom stereocenters. The van der Waals surface area contributed by atoms with Crippen molar-refractivity contribution >= 4 is 23.0 Å². The van der Waals surface area contributed by atoms with Gasteiger partial charge in [-0.15, -0.1) is 0 Å². The van der Waals surface area contributed by atoms with Crippen molar-refractivity contribution in [2.75, 3.05) is 4.90 Å². The van der Waals surface area contributed by atoms with Gasteiger partial charge in [-0.25, -0.2) is 0 Å². The molecule has 3 nitrogen and oxygen atoms in total. The Morgan fingerprint density at radius 2 is 2.00 bits per heavy atom. The van der Waals surface area contributed by atoms with Gasteiger partial charge in [-0.1, -0.05) is 44.2 Å². The van der Waals surface area contributed by atoms with E-state index in [2.05, 4.69) is 73.5 Å². The lowest BCUT2D eigenvalue weighted by molar-refractivity contribution is 0.0496. The third kappa shape index (κ3) is 2.60. The molecule has 0 saturated carbocycles. The number of rotatable bonds is 3. The maximum absolute atomic E-state index is 6.53. The fraction of sp³-hybridized carbons (Fsp3) is 0.381. The Labute approximate surface area is 155 Å². The summed E-state index contributed by atoms with van der Waals surface area (Å²) in [7, 11) is 0. The van der Waals surface area contributed by atoms with Crippen molar-refractivity contribution < 1.29 is 4.74 Å². The van der Waals surface area contributed by atoms with E-state index in [0.717, 1.165) is 35.8 Å². The first-order valence-corrected chi connectivity index (χ1v) is 9.47. The molecular weight excluding hydrogens is 328 g/mol. The van der Waals surface area contributed by atoms with Crippen LogP contribution in [0.15, 0.2) is 42.5 Å². The quantitative estimate of drug-likeness (QED) is 0.806. The number of ether oxygens (including phenoxy) is 1. The second-order valence-electron chi connectivity index (χ2n) is 7.03. The summed E-state index contributed by atoms with van der Waals surface area (Å²) in [6, 6.07) is 15.2. The van der Waals surface area contributed by atoms with Crippen molar-refractivity contribution in [2.24, 2.45) is 0 Å². The molecule has 4 heteroatoms. The van der Waals surface area contributed by atoms with Gasteiger partial charge in [0, 0.05) is 12.0 Å². The van der Waals surface area contributed by atoms with Gasteiger partial charge >= 0.3 is 0 Å². The van der Waals surface area contributed by atoms with Crippen LogP contribution in [0.25, 0.3) is 0 Å². The van der Waals surface area contributed by atoms with E-state index in [9.17, 15) is 0 Å². The first-order chi connectivity index (χ1) is 12.1. The lowest BCUT2D eigenvalue weighted by Crippen LogP contribution is -2.65. The van der Waals surface area contributed by atoms with E-state index >= 15 is 0 Å². The van der Waals surface area contributed by atoms with Crippen LogP contribution >= 0.6 is 12.2 Å². The number of nitrogens with zero attached hydrogens (tertiary/aromatic N) is 1. The van der Waals surface area contributed by atoms with E-state index in [4.69, 9.17) is 17.0 Å². The highest BCUT2D eigenvalue weighted by Crippen LogP contribution is 2.46. The monoisotopic (exact) mass is 352 g/mol. The van der Waals surface area contributed by atoms with Gasteiger partial charge in [0.15, 0.2) is 10.8 Å². The van der Waals surface area contributed by atoms with Gasteiger partial charge < -0.3 is 10.1 Å². The number of hydrogen-bond donors (Lipinski definition) is 1. The van der Waals surface area contributed by atoms with Crippen LogP contribution in [-0.2, 0) is 12.8 Å². The van der Waals surface area contributed by atoms with Crippen molar-refractivity contribution in [1.29, 1.82) is 0 Å². The van der Waals surface area contributed by atoms with E-state index in [0.29, 0.717) is 0 Å². The maximum atomic E-state index is 6.53. The predicted octanol–water partition coefficient (Wildman–Crippen LogP) is 4.75. The molecule has 0 spiro atoms. The molecule has 2 aliphatic heterocycles. The number of fused-ring (bicyclic) bond motifs is 4. The summed E-state index contributed by atoms with van der Waals surface area (Å²) in [4.78, 5) is 2.16. The number of nitrogens with one attached hydrogen (secondary N) is 1. The van der Waals surface area contributed by atoms with Crippen LogP contribution in [0.3, 0.4) is 0 Å². The van der Waals surface area contributed by atoms with E-state index < -0.39 is 5.72 Å². The molecule has 1 fully saturated rings. The molecule has 2 aromatic carbocycles. The molecular formula is C21H24N2OS. The number of anilines is 1. The fourth-order valence-corrected chi connectivity index (χ4v) is 4.47. The summed E-state index contributed by atoms with van der Waals surface area (Å²) in [5.74, 6) is 0.963. The lowest BCUT2D eigenvalue weighted by atomic mass is 9.88. The smallest absolute Gasteiger partial charge is 0.188 e. The Morgan fingerprint density at radius 3 is 2.76 bits per heavy atom. The van der Waals surface area contributed by atoms with Crippen molar-refractivity contribution in [3.05, 3.63) is 59.2 Å². The zero-order valence-corrected chi connectivity index (χ0v) is 15.8. The Morgan fingerprint density at radius 1 is 1.20 bits per heavy atom. The Hall–Kier alpha value is -2.07. The molecule has 4 rings (SSSR count). The molecule has 0 aliphatic carbocycles. The molecule has 1 saturated heterocycles. The van der Waals surface area contributed by atoms with Crippen LogP contribution < -0.4 is 15.0 Å². The van der Waals surface area contributed by atoms with E-state index in [1.165, 1.54) is 16.7 Å². The first kappa shape index (κ1) is 16.4. The molecule has 0 aromatic heterocycles. The fourth-order valence-electron chi connectivity index (χ4n) is 4.04. The summed E-state index contributed by atoms with van der Waals surface area (Å²) < 4.78 is 6.53. The highest BCUT2D eigenvalue weighted by Gasteiger charge is 2.48. The van der Waals surface area contributed by atoms with Crippen LogP contribution in [0.1, 0.15) is 49.9 Å². The molecule has 2 aromatic rings. The topological polar surface area (TPSA) is 24.5 Å². The van der Waals surface area contributed by atoms with E-state index in [-0.39, 0.29) is 6.04 Å². The summed E-state index contributed by atoms with van der Waals surface area (Å²) >= 11 is 5.77. The van der Waals surface area contributed by atoms with Gasteiger partial charge in [0.05, 0.1) is 11.7 Å². The molecule has 0 radical (unpaired) electrons. The molecule has 2 bridgehead atoms. The van der Waals surface area contributed by atoms with Crippen molar-refractivity contribution in [2.45, 2.75) is 51.8 Å². The van der Waals surface area contributed by atoms with Crippen molar-refractivity contribution in [1.82, 2.24) is 5.32 Å². The van der Waals surface area contributed by atoms with E-state index in [1.807, 2.05) is 0 Å². The molecule has 1 N–H and O–H groups in total. The van der Waals surface area contributed by atoms with Gasteiger partial charge in [0.1, 0.15) is 5.75 Å². The summed E-state index contributed by atoms with van der Waals surface area (Å²) in [5.41, 5.74) is 4.50. The minimum absolute atomic E-state index is 0.206. The molecule has 25 heavy (non-hydrogen) atoms. The molecule has 2 aliphatic rings. The van der Waals surface area contributed by atoms with Gasteiger partial charge in [-0.05, 0) is 55.2 Å².